The van der Waals surface area contributed by atoms with Crippen molar-refractivity contribution >= 4 is 11.6 Å². The summed E-state index contributed by atoms with van der Waals surface area (Å²) in [4.78, 5) is 37.1. The Labute approximate surface area is 176 Å². The van der Waals surface area contributed by atoms with E-state index in [1.165, 1.54) is 26.2 Å². The molecule has 0 aliphatic carbocycles. The highest BCUT2D eigenvalue weighted by Gasteiger charge is 2.17. The average Bonchev–Trinajstić information content (AvgIpc) is 2.73. The van der Waals surface area contributed by atoms with Gasteiger partial charge in [0.2, 0.25) is 5.91 Å². The lowest BCUT2D eigenvalue weighted by Crippen LogP contribution is -2.41. The Balaban J connectivity index is 2.12. The Morgan fingerprint density at radius 3 is 2.55 bits per heavy atom. The molecule has 0 spiro atoms. The van der Waals surface area contributed by atoms with Crippen LogP contribution in [0, 0.1) is 5.82 Å². The Hall–Kier alpha value is -3.79. The molecule has 162 valence electrons. The number of rotatable bonds is 7. The summed E-state index contributed by atoms with van der Waals surface area (Å²) in [7, 11) is 2.83. The van der Waals surface area contributed by atoms with Gasteiger partial charge in [0.05, 0.1) is 31.6 Å². The second-order valence-corrected chi connectivity index (χ2v) is 6.69. The van der Waals surface area contributed by atoms with Crippen molar-refractivity contribution in [1.29, 1.82) is 0 Å². The van der Waals surface area contributed by atoms with Crippen molar-refractivity contribution in [2.24, 2.45) is 0 Å². The molecule has 3 rings (SSSR count). The predicted octanol–water partition coefficient (Wildman–Crippen LogP) is 1.70. The summed E-state index contributed by atoms with van der Waals surface area (Å²) in [5.41, 5.74) is 0.158. The summed E-state index contributed by atoms with van der Waals surface area (Å²) in [6, 6.07) is 10.9. The van der Waals surface area contributed by atoms with Gasteiger partial charge in [-0.05, 0) is 29.3 Å². The molecule has 0 aliphatic rings. The number of nitrogens with one attached hydrogen (secondary N) is 1. The van der Waals surface area contributed by atoms with Gasteiger partial charge in [-0.2, -0.15) is 4.68 Å². The van der Waals surface area contributed by atoms with E-state index in [9.17, 15) is 18.8 Å². The standard InChI is InChI=1S/C21H21FN4O5/c1-13(27)23-18-10-16(7-8-17(18)22)26-21(29)25(20(28)19(24-26)31-3)11-14-5-4-6-15(9-14)12-30-2/h4-10H,11-12H2,1-3H3,(H,23,27). The fourth-order valence-corrected chi connectivity index (χ4v) is 3.03. The first-order valence-electron chi connectivity index (χ1n) is 9.26. The normalized spacial score (nSPS) is 10.7. The highest BCUT2D eigenvalue weighted by Crippen LogP contribution is 2.18. The number of halogens is 1. The lowest BCUT2D eigenvalue weighted by atomic mass is 10.1. The smallest absolute Gasteiger partial charge is 0.352 e. The van der Waals surface area contributed by atoms with Crippen LogP contribution in [0.1, 0.15) is 18.1 Å². The van der Waals surface area contributed by atoms with Crippen LogP contribution in [0.2, 0.25) is 0 Å². The van der Waals surface area contributed by atoms with Crippen molar-refractivity contribution in [2.75, 3.05) is 19.5 Å². The molecule has 3 aromatic rings. The van der Waals surface area contributed by atoms with Gasteiger partial charge in [0.15, 0.2) is 0 Å². The highest BCUT2D eigenvalue weighted by molar-refractivity contribution is 5.89. The molecule has 1 aromatic heterocycles. The van der Waals surface area contributed by atoms with Crippen molar-refractivity contribution < 1.29 is 18.7 Å². The van der Waals surface area contributed by atoms with Gasteiger partial charge in [-0.15, -0.1) is 5.10 Å². The number of carbonyl (C=O) groups is 1. The summed E-state index contributed by atoms with van der Waals surface area (Å²) in [6.07, 6.45) is 0. The third-order valence-corrected chi connectivity index (χ3v) is 4.37. The Bertz CT molecular complexity index is 1240. The van der Waals surface area contributed by atoms with E-state index in [0.29, 0.717) is 12.2 Å². The third kappa shape index (κ3) is 4.86. The number of benzene rings is 2. The maximum absolute atomic E-state index is 14.0. The van der Waals surface area contributed by atoms with E-state index in [1.54, 1.807) is 19.2 Å². The number of carbonyl (C=O) groups excluding carboxylic acids is 1. The van der Waals surface area contributed by atoms with Crippen molar-refractivity contribution in [3.05, 3.63) is 80.2 Å². The van der Waals surface area contributed by atoms with Gasteiger partial charge >= 0.3 is 11.2 Å². The number of hydrogen-bond donors (Lipinski definition) is 1. The van der Waals surface area contributed by atoms with E-state index in [2.05, 4.69) is 10.4 Å². The molecule has 10 heteroatoms. The van der Waals surface area contributed by atoms with Crippen LogP contribution in [0.5, 0.6) is 5.88 Å². The summed E-state index contributed by atoms with van der Waals surface area (Å²) in [5, 5.41) is 6.30. The Morgan fingerprint density at radius 1 is 1.13 bits per heavy atom. The highest BCUT2D eigenvalue weighted by atomic mass is 19.1. The fraction of sp³-hybridized carbons (Fsp3) is 0.238. The van der Waals surface area contributed by atoms with Gasteiger partial charge in [-0.3, -0.25) is 9.59 Å². The van der Waals surface area contributed by atoms with Crippen LogP contribution in [0.15, 0.2) is 52.1 Å². The second-order valence-electron chi connectivity index (χ2n) is 6.69. The van der Waals surface area contributed by atoms with Crippen LogP contribution in [0.3, 0.4) is 0 Å². The molecule has 31 heavy (non-hydrogen) atoms. The summed E-state index contributed by atoms with van der Waals surface area (Å²) in [6.45, 7) is 1.58. The van der Waals surface area contributed by atoms with Crippen molar-refractivity contribution in [1.82, 2.24) is 14.3 Å². The van der Waals surface area contributed by atoms with E-state index >= 15 is 0 Å². The minimum Gasteiger partial charge on any atom is -0.476 e. The van der Waals surface area contributed by atoms with Crippen LogP contribution in [-0.2, 0) is 22.7 Å². The number of anilines is 1. The minimum absolute atomic E-state index is 0.0339. The van der Waals surface area contributed by atoms with Crippen molar-refractivity contribution in [3.8, 4) is 11.6 Å². The largest absolute Gasteiger partial charge is 0.476 e. The first-order valence-corrected chi connectivity index (χ1v) is 9.26. The van der Waals surface area contributed by atoms with Gasteiger partial charge in [-0.1, -0.05) is 24.3 Å². The van der Waals surface area contributed by atoms with Crippen LogP contribution < -0.4 is 21.3 Å². The van der Waals surface area contributed by atoms with E-state index in [-0.39, 0.29) is 23.8 Å². The van der Waals surface area contributed by atoms with Gasteiger partial charge in [0.1, 0.15) is 5.82 Å². The van der Waals surface area contributed by atoms with Crippen molar-refractivity contribution in [2.45, 2.75) is 20.1 Å². The third-order valence-electron chi connectivity index (χ3n) is 4.37. The monoisotopic (exact) mass is 428 g/mol. The molecule has 2 aromatic carbocycles. The zero-order valence-corrected chi connectivity index (χ0v) is 17.2. The zero-order valence-electron chi connectivity index (χ0n) is 17.2. The zero-order chi connectivity index (χ0) is 22.5. The maximum Gasteiger partial charge on any atom is 0.352 e. The first kappa shape index (κ1) is 21.9. The van der Waals surface area contributed by atoms with Gasteiger partial charge in [0.25, 0.3) is 5.88 Å². The summed E-state index contributed by atoms with van der Waals surface area (Å²) >= 11 is 0. The van der Waals surface area contributed by atoms with Gasteiger partial charge in [0, 0.05) is 14.0 Å². The van der Waals surface area contributed by atoms with E-state index in [0.717, 1.165) is 20.9 Å². The number of methoxy groups -OCH3 is 2. The Morgan fingerprint density at radius 2 is 1.87 bits per heavy atom. The number of aromatic nitrogens is 3. The molecule has 9 nitrogen and oxygen atoms in total. The van der Waals surface area contributed by atoms with Crippen LogP contribution in [-0.4, -0.2) is 34.5 Å². The quantitative estimate of drug-likeness (QED) is 0.614. The topological polar surface area (TPSA) is 104 Å². The van der Waals surface area contributed by atoms with E-state index in [1.807, 2.05) is 12.1 Å². The second kappa shape index (κ2) is 9.35. The first-order chi connectivity index (χ1) is 14.8. The molecule has 1 N–H and O–H groups in total. The van der Waals surface area contributed by atoms with E-state index < -0.39 is 23.0 Å². The molecule has 0 saturated heterocycles. The lowest BCUT2D eigenvalue weighted by molar-refractivity contribution is -0.114. The maximum atomic E-state index is 14.0. The predicted molar refractivity (Wildman–Crippen MR) is 111 cm³/mol. The molecule has 0 radical (unpaired) electrons. The minimum atomic E-state index is -0.747. The number of ether oxygens (including phenoxy) is 2. The fourth-order valence-electron chi connectivity index (χ4n) is 3.03. The van der Waals surface area contributed by atoms with E-state index in [4.69, 9.17) is 9.47 Å². The number of nitrogens with zero attached hydrogens (tertiary/aromatic N) is 3. The van der Waals surface area contributed by atoms with Crippen LogP contribution in [0.25, 0.3) is 5.69 Å². The summed E-state index contributed by atoms with van der Waals surface area (Å²) < 4.78 is 26.1. The molecular formula is C21H21FN4O5. The SMILES string of the molecule is COCc1cccc(Cn2c(=O)c(OC)nn(-c3ccc(F)c(NC(C)=O)c3)c2=O)c1. The molecule has 0 saturated carbocycles. The molecule has 0 unspecified atom stereocenters. The number of amides is 1. The van der Waals surface area contributed by atoms with Crippen molar-refractivity contribution in [3.63, 3.8) is 0 Å². The molecular weight excluding hydrogens is 407 g/mol. The molecule has 0 aliphatic heterocycles. The lowest BCUT2D eigenvalue weighted by Gasteiger charge is -2.13. The molecule has 1 heterocycles. The summed E-state index contributed by atoms with van der Waals surface area (Å²) in [5.74, 6) is -1.46. The van der Waals surface area contributed by atoms with Gasteiger partial charge < -0.3 is 14.8 Å². The van der Waals surface area contributed by atoms with Crippen LogP contribution >= 0.6 is 0 Å². The van der Waals surface area contributed by atoms with Gasteiger partial charge in [-0.25, -0.2) is 13.8 Å². The number of hydrogen-bond acceptors (Lipinski definition) is 6. The van der Waals surface area contributed by atoms with Crippen LogP contribution in [0.4, 0.5) is 10.1 Å². The Kier molecular flexibility index (Phi) is 6.61. The molecule has 1 amide bonds. The molecule has 0 bridgehead atoms. The molecule has 0 fully saturated rings. The average molecular weight is 428 g/mol. The molecule has 0 atom stereocenters.